The molecule has 0 saturated heterocycles. The summed E-state index contributed by atoms with van der Waals surface area (Å²) in [6, 6.07) is 9.38. The third kappa shape index (κ3) is 4.00. The van der Waals surface area contributed by atoms with Crippen molar-refractivity contribution in [1.82, 2.24) is 0 Å². The zero-order valence-electron chi connectivity index (χ0n) is 12.8. The lowest BCUT2D eigenvalue weighted by molar-refractivity contribution is -0.118. The molecule has 6 nitrogen and oxygen atoms in total. The van der Waals surface area contributed by atoms with Gasteiger partial charge in [-0.25, -0.2) is 4.79 Å². The quantitative estimate of drug-likeness (QED) is 0.788. The van der Waals surface area contributed by atoms with Crippen molar-refractivity contribution in [3.05, 3.63) is 53.1 Å². The largest absolute Gasteiger partial charge is 0.507 e. The van der Waals surface area contributed by atoms with E-state index in [1.807, 2.05) is 26.0 Å². The highest BCUT2D eigenvalue weighted by Gasteiger charge is 2.11. The summed E-state index contributed by atoms with van der Waals surface area (Å²) in [5.41, 5.74) is 2.09. The van der Waals surface area contributed by atoms with E-state index in [1.165, 1.54) is 18.2 Å². The van der Waals surface area contributed by atoms with Crippen molar-refractivity contribution in [2.24, 2.45) is 0 Å². The number of nitrogens with one attached hydrogen (secondary N) is 1. The fraction of sp³-hybridized carbons (Fsp3) is 0.176. The first-order valence-corrected chi connectivity index (χ1v) is 6.93. The van der Waals surface area contributed by atoms with Crippen LogP contribution in [0.3, 0.4) is 0 Å². The second-order valence-corrected chi connectivity index (χ2v) is 5.07. The van der Waals surface area contributed by atoms with Gasteiger partial charge in [-0.3, -0.25) is 4.79 Å². The molecule has 23 heavy (non-hydrogen) atoms. The van der Waals surface area contributed by atoms with Gasteiger partial charge < -0.3 is 20.3 Å². The van der Waals surface area contributed by atoms with Crippen molar-refractivity contribution in [2.45, 2.75) is 13.8 Å². The van der Waals surface area contributed by atoms with Gasteiger partial charge in [0.2, 0.25) is 0 Å². The highest BCUT2D eigenvalue weighted by molar-refractivity contribution is 5.95. The topological polar surface area (TPSA) is 95.9 Å². The minimum absolute atomic E-state index is 0.189. The molecule has 0 aliphatic carbocycles. The van der Waals surface area contributed by atoms with E-state index in [0.717, 1.165) is 11.1 Å². The molecule has 3 N–H and O–H groups in total. The number of ether oxygens (including phenoxy) is 1. The predicted molar refractivity (Wildman–Crippen MR) is 85.1 cm³/mol. The zero-order valence-corrected chi connectivity index (χ0v) is 12.8. The Bertz CT molecular complexity index is 755. The first-order valence-electron chi connectivity index (χ1n) is 6.93. The zero-order chi connectivity index (χ0) is 17.0. The van der Waals surface area contributed by atoms with Crippen LogP contribution in [0.2, 0.25) is 0 Å². The van der Waals surface area contributed by atoms with Crippen LogP contribution < -0.4 is 10.1 Å². The van der Waals surface area contributed by atoms with Crippen LogP contribution in [-0.4, -0.2) is 28.7 Å². The summed E-state index contributed by atoms with van der Waals surface area (Å²) in [5.74, 6) is -1.43. The van der Waals surface area contributed by atoms with Gasteiger partial charge in [0, 0.05) is 11.8 Å². The number of amides is 1. The third-order valence-electron chi connectivity index (χ3n) is 3.43. The molecule has 6 heteroatoms. The molecule has 120 valence electrons. The van der Waals surface area contributed by atoms with Gasteiger partial charge in [-0.15, -0.1) is 0 Å². The van der Waals surface area contributed by atoms with E-state index in [1.54, 1.807) is 6.07 Å². The maximum Gasteiger partial charge on any atom is 0.339 e. The molecule has 0 heterocycles. The van der Waals surface area contributed by atoms with Gasteiger partial charge in [-0.1, -0.05) is 12.1 Å². The normalized spacial score (nSPS) is 10.2. The fourth-order valence-corrected chi connectivity index (χ4v) is 2.01. The summed E-state index contributed by atoms with van der Waals surface area (Å²) in [4.78, 5) is 22.7. The first-order chi connectivity index (χ1) is 10.9. The molecule has 2 aromatic carbocycles. The van der Waals surface area contributed by atoms with E-state index < -0.39 is 17.6 Å². The summed E-state index contributed by atoms with van der Waals surface area (Å²) < 4.78 is 5.48. The summed E-state index contributed by atoms with van der Waals surface area (Å²) in [6.07, 6.45) is 0. The summed E-state index contributed by atoms with van der Waals surface area (Å²) in [6.45, 7) is 3.67. The molecule has 0 spiro atoms. The Kier molecular flexibility index (Phi) is 4.85. The monoisotopic (exact) mass is 315 g/mol. The van der Waals surface area contributed by atoms with E-state index in [0.29, 0.717) is 11.4 Å². The number of hydrogen-bond acceptors (Lipinski definition) is 4. The van der Waals surface area contributed by atoms with Crippen molar-refractivity contribution in [2.75, 3.05) is 11.9 Å². The number of aromatic hydroxyl groups is 1. The molecule has 0 unspecified atom stereocenters. The molecule has 0 saturated carbocycles. The minimum atomic E-state index is -1.24. The summed E-state index contributed by atoms with van der Waals surface area (Å²) >= 11 is 0. The van der Waals surface area contributed by atoms with Crippen molar-refractivity contribution < 1.29 is 24.5 Å². The Morgan fingerprint density at radius 1 is 1.17 bits per heavy atom. The molecule has 0 aromatic heterocycles. The van der Waals surface area contributed by atoms with Gasteiger partial charge in [0.15, 0.2) is 6.61 Å². The number of aromatic carboxylic acids is 1. The molecule has 0 aliphatic heterocycles. The summed E-state index contributed by atoms with van der Waals surface area (Å²) in [5, 5.41) is 21.0. The number of carbonyl (C=O) groups excluding carboxylic acids is 1. The number of carboxylic acids is 1. The molecule has 0 radical (unpaired) electrons. The van der Waals surface area contributed by atoms with Crippen LogP contribution in [0.4, 0.5) is 5.69 Å². The average Bonchev–Trinajstić information content (AvgIpc) is 2.48. The molecule has 0 fully saturated rings. The first kappa shape index (κ1) is 16.4. The lowest BCUT2D eigenvalue weighted by atomic mass is 10.1. The van der Waals surface area contributed by atoms with Crippen LogP contribution in [0.5, 0.6) is 11.5 Å². The number of rotatable bonds is 5. The van der Waals surface area contributed by atoms with Gasteiger partial charge in [0.05, 0.1) is 0 Å². The van der Waals surface area contributed by atoms with Crippen molar-refractivity contribution in [3.63, 3.8) is 0 Å². The molecule has 0 atom stereocenters. The SMILES string of the molecule is Cc1cccc(OCC(=O)Nc2ccc(C(=O)O)c(O)c2)c1C. The summed E-state index contributed by atoms with van der Waals surface area (Å²) in [7, 11) is 0. The van der Waals surface area contributed by atoms with Crippen molar-refractivity contribution in [1.29, 1.82) is 0 Å². The molecule has 0 aliphatic rings. The molecule has 1 amide bonds. The number of benzene rings is 2. The van der Waals surface area contributed by atoms with E-state index >= 15 is 0 Å². The van der Waals surface area contributed by atoms with E-state index in [4.69, 9.17) is 9.84 Å². The lowest BCUT2D eigenvalue weighted by Crippen LogP contribution is -2.20. The molecule has 2 rings (SSSR count). The second-order valence-electron chi connectivity index (χ2n) is 5.07. The van der Waals surface area contributed by atoms with Gasteiger partial charge >= 0.3 is 5.97 Å². The second kappa shape index (κ2) is 6.83. The highest BCUT2D eigenvalue weighted by Crippen LogP contribution is 2.22. The van der Waals surface area contributed by atoms with Gasteiger partial charge in [-0.2, -0.15) is 0 Å². The van der Waals surface area contributed by atoms with E-state index in [9.17, 15) is 14.7 Å². The lowest BCUT2D eigenvalue weighted by Gasteiger charge is -2.11. The van der Waals surface area contributed by atoms with Crippen LogP contribution >= 0.6 is 0 Å². The molecule has 2 aromatic rings. The highest BCUT2D eigenvalue weighted by atomic mass is 16.5. The predicted octanol–water partition coefficient (Wildman–Crippen LogP) is 2.72. The smallest absolute Gasteiger partial charge is 0.339 e. The van der Waals surface area contributed by atoms with Crippen LogP contribution in [-0.2, 0) is 4.79 Å². The fourth-order valence-electron chi connectivity index (χ4n) is 2.01. The number of carbonyl (C=O) groups is 2. The van der Waals surface area contributed by atoms with Crippen LogP contribution in [0, 0.1) is 13.8 Å². The average molecular weight is 315 g/mol. The maximum atomic E-state index is 11.9. The Morgan fingerprint density at radius 3 is 2.57 bits per heavy atom. The Labute approximate surface area is 133 Å². The van der Waals surface area contributed by atoms with Gasteiger partial charge in [0.25, 0.3) is 5.91 Å². The number of anilines is 1. The standard InChI is InChI=1S/C17H17NO5/c1-10-4-3-5-15(11(10)2)23-9-16(20)18-12-6-7-13(17(21)22)14(19)8-12/h3-8,19H,9H2,1-2H3,(H,18,20)(H,21,22). The van der Waals surface area contributed by atoms with Crippen LogP contribution in [0.1, 0.15) is 21.5 Å². The molecular formula is C17H17NO5. The Balaban J connectivity index is 1.99. The van der Waals surface area contributed by atoms with Gasteiger partial charge in [-0.05, 0) is 43.2 Å². The van der Waals surface area contributed by atoms with E-state index in [2.05, 4.69) is 5.32 Å². The van der Waals surface area contributed by atoms with E-state index in [-0.39, 0.29) is 12.2 Å². The third-order valence-corrected chi connectivity index (χ3v) is 3.43. The Morgan fingerprint density at radius 2 is 1.91 bits per heavy atom. The number of phenols is 1. The number of aryl methyl sites for hydroxylation is 1. The van der Waals surface area contributed by atoms with Crippen molar-refractivity contribution in [3.8, 4) is 11.5 Å². The molecular weight excluding hydrogens is 298 g/mol. The number of hydrogen-bond donors (Lipinski definition) is 3. The van der Waals surface area contributed by atoms with Crippen LogP contribution in [0.25, 0.3) is 0 Å². The Hall–Kier alpha value is -3.02. The minimum Gasteiger partial charge on any atom is -0.507 e. The molecule has 0 bridgehead atoms. The van der Waals surface area contributed by atoms with Crippen LogP contribution in [0.15, 0.2) is 36.4 Å². The van der Waals surface area contributed by atoms with Crippen molar-refractivity contribution >= 4 is 17.6 Å². The maximum absolute atomic E-state index is 11.9. The number of carboxylic acid groups (broad SMARTS) is 1. The van der Waals surface area contributed by atoms with Gasteiger partial charge in [0.1, 0.15) is 17.1 Å².